The van der Waals surface area contributed by atoms with Gasteiger partial charge in [0.05, 0.1) is 12.0 Å². The zero-order valence-electron chi connectivity index (χ0n) is 14.0. The zero-order valence-corrected chi connectivity index (χ0v) is 16.4. The molecule has 10 heteroatoms. The van der Waals surface area contributed by atoms with Crippen LogP contribution in [-0.4, -0.2) is 34.7 Å². The Labute approximate surface area is 165 Å². The third-order valence-corrected chi connectivity index (χ3v) is 6.20. The zero-order chi connectivity index (χ0) is 19.4. The van der Waals surface area contributed by atoms with Gasteiger partial charge >= 0.3 is 6.18 Å². The number of ether oxygens (including phenoxy) is 1. The van der Waals surface area contributed by atoms with Gasteiger partial charge in [0.2, 0.25) is 0 Å². The molecule has 0 N–H and O–H groups in total. The summed E-state index contributed by atoms with van der Waals surface area (Å²) in [6.07, 6.45) is -2.75. The van der Waals surface area contributed by atoms with Gasteiger partial charge in [-0.25, -0.2) is 4.98 Å². The molecule has 0 aromatic carbocycles. The van der Waals surface area contributed by atoms with Crippen molar-refractivity contribution < 1.29 is 17.9 Å². The fourth-order valence-electron chi connectivity index (χ4n) is 2.40. The van der Waals surface area contributed by atoms with Gasteiger partial charge in [0.25, 0.3) is 5.56 Å². The molecule has 3 aromatic heterocycles. The lowest BCUT2D eigenvalue weighted by Gasteiger charge is -2.11. The Kier molecular flexibility index (Phi) is 6.40. The van der Waals surface area contributed by atoms with Crippen molar-refractivity contribution in [3.8, 4) is 10.4 Å². The molecule has 0 aliphatic heterocycles. The number of hydrogen-bond donors (Lipinski definition) is 0. The molecule has 3 heterocycles. The SMILES string of the molecule is C=CCn1c(SCCOCC(F)(F)F)nc2scc(-c3cccs3)c2c1=O. The topological polar surface area (TPSA) is 44.1 Å². The Morgan fingerprint density at radius 2 is 2.19 bits per heavy atom. The second-order valence-corrected chi connectivity index (χ2v) is 8.29. The van der Waals surface area contributed by atoms with E-state index in [4.69, 9.17) is 0 Å². The van der Waals surface area contributed by atoms with Crippen molar-refractivity contribution in [3.63, 3.8) is 0 Å². The van der Waals surface area contributed by atoms with E-state index >= 15 is 0 Å². The molecule has 27 heavy (non-hydrogen) atoms. The Morgan fingerprint density at radius 3 is 2.85 bits per heavy atom. The lowest BCUT2D eigenvalue weighted by molar-refractivity contribution is -0.172. The summed E-state index contributed by atoms with van der Waals surface area (Å²) >= 11 is 4.12. The summed E-state index contributed by atoms with van der Waals surface area (Å²) in [6.45, 7) is 2.57. The molecular weight excluding hydrogens is 417 g/mol. The number of thioether (sulfide) groups is 1. The normalized spacial score (nSPS) is 12.0. The number of allylic oxidation sites excluding steroid dienone is 1. The highest BCUT2D eigenvalue weighted by Crippen LogP contribution is 2.34. The van der Waals surface area contributed by atoms with E-state index < -0.39 is 12.8 Å². The number of nitrogens with zero attached hydrogens (tertiary/aromatic N) is 2. The van der Waals surface area contributed by atoms with Crippen LogP contribution in [0, 0.1) is 0 Å². The maximum Gasteiger partial charge on any atom is 0.411 e. The van der Waals surface area contributed by atoms with Gasteiger partial charge in [-0.15, -0.1) is 29.3 Å². The lowest BCUT2D eigenvalue weighted by Crippen LogP contribution is -2.23. The summed E-state index contributed by atoms with van der Waals surface area (Å²) in [6, 6.07) is 3.87. The van der Waals surface area contributed by atoms with Gasteiger partial charge in [-0.3, -0.25) is 9.36 Å². The summed E-state index contributed by atoms with van der Waals surface area (Å²) < 4.78 is 42.5. The van der Waals surface area contributed by atoms with Crippen LogP contribution in [0.2, 0.25) is 0 Å². The molecule has 3 rings (SSSR count). The molecule has 0 aliphatic rings. The highest BCUT2D eigenvalue weighted by molar-refractivity contribution is 7.99. The maximum absolute atomic E-state index is 13.0. The summed E-state index contributed by atoms with van der Waals surface area (Å²) in [7, 11) is 0. The predicted molar refractivity (Wildman–Crippen MR) is 105 cm³/mol. The highest BCUT2D eigenvalue weighted by Gasteiger charge is 2.27. The van der Waals surface area contributed by atoms with Crippen LogP contribution < -0.4 is 5.56 Å². The molecule has 144 valence electrons. The molecule has 0 saturated heterocycles. The van der Waals surface area contributed by atoms with Crippen LogP contribution in [0.4, 0.5) is 13.2 Å². The van der Waals surface area contributed by atoms with Crippen molar-refractivity contribution in [1.29, 1.82) is 0 Å². The molecule has 0 amide bonds. The van der Waals surface area contributed by atoms with Crippen molar-refractivity contribution in [2.75, 3.05) is 19.0 Å². The van der Waals surface area contributed by atoms with E-state index in [0.717, 1.165) is 10.4 Å². The van der Waals surface area contributed by atoms with Crippen LogP contribution in [0.25, 0.3) is 20.7 Å². The summed E-state index contributed by atoms with van der Waals surface area (Å²) in [5.41, 5.74) is 0.675. The van der Waals surface area contributed by atoms with Crippen LogP contribution in [0.5, 0.6) is 0 Å². The van der Waals surface area contributed by atoms with Gasteiger partial charge in [-0.1, -0.05) is 23.9 Å². The first kappa shape index (κ1) is 20.1. The molecule has 0 saturated carbocycles. The van der Waals surface area contributed by atoms with Gasteiger partial charge in [-0.05, 0) is 11.4 Å². The van der Waals surface area contributed by atoms with Crippen LogP contribution in [0.1, 0.15) is 0 Å². The van der Waals surface area contributed by atoms with E-state index in [2.05, 4.69) is 16.3 Å². The largest absolute Gasteiger partial charge is 0.411 e. The molecule has 0 atom stereocenters. The van der Waals surface area contributed by atoms with Crippen molar-refractivity contribution >= 4 is 44.7 Å². The number of alkyl halides is 3. The third-order valence-electron chi connectivity index (χ3n) is 3.48. The van der Waals surface area contributed by atoms with E-state index in [1.807, 2.05) is 22.9 Å². The van der Waals surface area contributed by atoms with E-state index in [1.54, 1.807) is 17.4 Å². The number of rotatable bonds is 8. The van der Waals surface area contributed by atoms with Gasteiger partial charge < -0.3 is 4.74 Å². The van der Waals surface area contributed by atoms with Gasteiger partial charge in [0.1, 0.15) is 11.4 Å². The van der Waals surface area contributed by atoms with Crippen molar-refractivity contribution in [3.05, 3.63) is 45.9 Å². The molecule has 0 unspecified atom stereocenters. The van der Waals surface area contributed by atoms with Crippen LogP contribution in [0.15, 0.2) is 45.5 Å². The van der Waals surface area contributed by atoms with Gasteiger partial charge in [-0.2, -0.15) is 13.2 Å². The number of fused-ring (bicyclic) bond motifs is 1. The summed E-state index contributed by atoms with van der Waals surface area (Å²) in [5, 5.41) is 4.86. The third kappa shape index (κ3) is 4.81. The minimum Gasteiger partial charge on any atom is -0.371 e. The first-order chi connectivity index (χ1) is 12.9. The Hall–Kier alpha value is -1.62. The minimum absolute atomic E-state index is 0.0863. The Bertz CT molecular complexity index is 978. The number of hydrogen-bond acceptors (Lipinski definition) is 6. The Morgan fingerprint density at radius 1 is 1.37 bits per heavy atom. The molecular formula is C17H15F3N2O2S3. The summed E-state index contributed by atoms with van der Waals surface area (Å²) in [4.78, 5) is 19.2. The number of halogens is 3. The smallest absolute Gasteiger partial charge is 0.371 e. The molecule has 0 bridgehead atoms. The maximum atomic E-state index is 13.0. The Balaban J connectivity index is 1.86. The quantitative estimate of drug-likeness (QED) is 0.216. The second-order valence-electron chi connectivity index (χ2n) is 5.42. The molecule has 0 aliphatic carbocycles. The molecule has 0 radical (unpaired) electrons. The van der Waals surface area contributed by atoms with Crippen molar-refractivity contribution in [2.45, 2.75) is 17.9 Å². The number of aromatic nitrogens is 2. The van der Waals surface area contributed by atoms with E-state index in [9.17, 15) is 18.0 Å². The first-order valence-corrected chi connectivity index (χ1v) is 10.6. The second kappa shape index (κ2) is 8.59. The van der Waals surface area contributed by atoms with Crippen molar-refractivity contribution in [2.24, 2.45) is 0 Å². The fraction of sp³-hybridized carbons (Fsp3) is 0.294. The van der Waals surface area contributed by atoms with Crippen LogP contribution in [-0.2, 0) is 11.3 Å². The lowest BCUT2D eigenvalue weighted by atomic mass is 10.2. The molecule has 3 aromatic rings. The summed E-state index contributed by atoms with van der Waals surface area (Å²) in [5.74, 6) is 0.258. The number of thiophene rings is 2. The average Bonchev–Trinajstić information content (AvgIpc) is 3.25. The van der Waals surface area contributed by atoms with Gasteiger partial charge in [0.15, 0.2) is 5.16 Å². The highest BCUT2D eigenvalue weighted by atomic mass is 32.2. The molecule has 0 spiro atoms. The van der Waals surface area contributed by atoms with E-state index in [0.29, 0.717) is 15.4 Å². The van der Waals surface area contributed by atoms with Crippen molar-refractivity contribution in [1.82, 2.24) is 9.55 Å². The first-order valence-electron chi connectivity index (χ1n) is 7.85. The van der Waals surface area contributed by atoms with Gasteiger partial charge in [0, 0.05) is 28.1 Å². The van der Waals surface area contributed by atoms with Crippen LogP contribution >= 0.6 is 34.4 Å². The van der Waals surface area contributed by atoms with E-state index in [1.165, 1.54) is 27.7 Å². The standard InChI is InChI=1S/C17H15F3N2O2S3/c1-2-5-22-15(23)13-11(12-4-3-7-25-12)9-27-14(13)21-16(22)26-8-6-24-10-17(18,19)20/h2-4,7,9H,1,5-6,8,10H2. The predicted octanol–water partition coefficient (Wildman–Crippen LogP) is 5.04. The van der Waals surface area contributed by atoms with E-state index in [-0.39, 0.29) is 24.5 Å². The molecule has 4 nitrogen and oxygen atoms in total. The van der Waals surface area contributed by atoms with Crippen LogP contribution in [0.3, 0.4) is 0 Å². The minimum atomic E-state index is -4.35. The fourth-order valence-corrected chi connectivity index (χ4v) is 5.06. The average molecular weight is 433 g/mol. The monoisotopic (exact) mass is 432 g/mol. The molecule has 0 fully saturated rings.